The summed E-state index contributed by atoms with van der Waals surface area (Å²) in [7, 11) is 0. The molecule has 7 nitrogen and oxygen atoms in total. The molecular weight excluding hydrogens is 388 g/mol. The predicted octanol–water partition coefficient (Wildman–Crippen LogP) is 3.60. The van der Waals surface area contributed by atoms with E-state index in [9.17, 15) is 10.1 Å². The number of hydrogen-bond donors (Lipinski definition) is 1. The summed E-state index contributed by atoms with van der Waals surface area (Å²) in [5, 5.41) is 18.4. The maximum absolute atomic E-state index is 12.8. The van der Waals surface area contributed by atoms with Gasteiger partial charge >= 0.3 is 6.03 Å². The zero-order valence-electron chi connectivity index (χ0n) is 17.3. The zero-order valence-corrected chi connectivity index (χ0v) is 17.3. The van der Waals surface area contributed by atoms with Crippen LogP contribution in [-0.4, -0.2) is 44.3 Å². The normalized spacial score (nSPS) is 23.5. The molecule has 1 unspecified atom stereocenters. The molecule has 31 heavy (non-hydrogen) atoms. The maximum atomic E-state index is 12.8. The quantitative estimate of drug-likeness (QED) is 0.697. The smallest absolute Gasteiger partial charge is 0.318 e. The number of carbonyl (C=O) groups excluding carboxylic acids is 1. The number of aromatic nitrogens is 3. The molecule has 2 aliphatic heterocycles. The third kappa shape index (κ3) is 2.82. The lowest BCUT2D eigenvalue weighted by Crippen LogP contribution is -2.56. The highest BCUT2D eigenvalue weighted by Gasteiger charge is 2.48. The number of hydrogen-bond acceptors (Lipinski definition) is 4. The van der Waals surface area contributed by atoms with Crippen molar-refractivity contribution in [3.8, 4) is 17.3 Å². The Kier molecular flexibility index (Phi) is 3.88. The number of amides is 2. The molecular formula is C24H24N6O. The van der Waals surface area contributed by atoms with Crippen LogP contribution in [0.2, 0.25) is 0 Å². The zero-order chi connectivity index (χ0) is 21.1. The van der Waals surface area contributed by atoms with Gasteiger partial charge in [-0.1, -0.05) is 18.2 Å². The summed E-state index contributed by atoms with van der Waals surface area (Å²) in [6.07, 6.45) is 6.33. The summed E-state index contributed by atoms with van der Waals surface area (Å²) < 4.78 is 2.11. The highest BCUT2D eigenvalue weighted by atomic mass is 16.2. The Labute approximate surface area is 180 Å². The van der Waals surface area contributed by atoms with Gasteiger partial charge in [-0.15, -0.1) is 0 Å². The Bertz CT molecular complexity index is 1240. The summed E-state index contributed by atoms with van der Waals surface area (Å²) in [4.78, 5) is 19.3. The van der Waals surface area contributed by atoms with E-state index in [1.54, 1.807) is 0 Å². The Morgan fingerprint density at radius 3 is 2.77 bits per heavy atom. The number of fused-ring (bicyclic) bond motifs is 3. The van der Waals surface area contributed by atoms with Crippen molar-refractivity contribution in [1.82, 2.24) is 25.0 Å². The van der Waals surface area contributed by atoms with Crippen LogP contribution in [0.5, 0.6) is 0 Å². The lowest BCUT2D eigenvalue weighted by Gasteiger charge is -2.37. The second-order valence-corrected chi connectivity index (χ2v) is 9.23. The molecule has 7 heteroatoms. The fourth-order valence-corrected chi connectivity index (χ4v) is 5.35. The van der Waals surface area contributed by atoms with Crippen LogP contribution in [0.4, 0.5) is 4.79 Å². The highest BCUT2D eigenvalue weighted by Crippen LogP contribution is 2.44. The average Bonchev–Trinajstić information content (AvgIpc) is 3.47. The average molecular weight is 412 g/mol. The summed E-state index contributed by atoms with van der Waals surface area (Å²) >= 11 is 0. The minimum absolute atomic E-state index is 0.0493. The number of nitrogens with one attached hydrogen (secondary N) is 1. The molecule has 3 aliphatic rings. The maximum Gasteiger partial charge on any atom is 0.318 e. The number of benzene rings is 1. The number of urea groups is 1. The predicted molar refractivity (Wildman–Crippen MR) is 116 cm³/mol. The van der Waals surface area contributed by atoms with Gasteiger partial charge in [-0.2, -0.15) is 10.4 Å². The second kappa shape index (κ2) is 6.55. The molecule has 3 aromatic rings. The Morgan fingerprint density at radius 2 is 1.97 bits per heavy atom. The van der Waals surface area contributed by atoms with Crippen molar-refractivity contribution in [2.24, 2.45) is 0 Å². The van der Waals surface area contributed by atoms with E-state index in [2.05, 4.69) is 39.3 Å². The number of nitriles is 1. The number of nitrogens with zero attached hydrogens (tertiary/aromatic N) is 5. The second-order valence-electron chi connectivity index (χ2n) is 9.23. The first-order valence-corrected chi connectivity index (χ1v) is 11.0. The Morgan fingerprint density at radius 1 is 1.13 bits per heavy atom. The topological polar surface area (TPSA) is 86.8 Å². The first kappa shape index (κ1) is 18.4. The van der Waals surface area contributed by atoms with Gasteiger partial charge in [0, 0.05) is 47.9 Å². The number of para-hydroxylation sites is 1. The molecule has 2 aromatic heterocycles. The van der Waals surface area contributed by atoms with Crippen LogP contribution in [-0.2, 0) is 12.0 Å². The van der Waals surface area contributed by atoms with Crippen molar-refractivity contribution < 1.29 is 4.79 Å². The van der Waals surface area contributed by atoms with E-state index in [1.165, 1.54) is 5.69 Å². The summed E-state index contributed by atoms with van der Waals surface area (Å²) in [5.41, 5.74) is 3.45. The third-order valence-electron chi connectivity index (χ3n) is 7.42. The van der Waals surface area contributed by atoms with Crippen molar-refractivity contribution in [3.63, 3.8) is 0 Å². The largest absolute Gasteiger partial charge is 0.324 e. The molecule has 2 amide bonds. The first-order chi connectivity index (χ1) is 15.1. The monoisotopic (exact) mass is 412 g/mol. The van der Waals surface area contributed by atoms with Crippen LogP contribution in [0.3, 0.4) is 0 Å². The molecule has 1 aliphatic carbocycles. The minimum atomic E-state index is -0.652. The number of likely N-dealkylation sites (tertiary alicyclic amines) is 1. The summed E-state index contributed by atoms with van der Waals surface area (Å²) in [6, 6.07) is 14.6. The molecule has 1 aromatic carbocycles. The third-order valence-corrected chi connectivity index (χ3v) is 7.42. The summed E-state index contributed by atoms with van der Waals surface area (Å²) in [6.45, 7) is 2.26. The van der Waals surface area contributed by atoms with Gasteiger partial charge in [0.15, 0.2) is 0 Å². The van der Waals surface area contributed by atoms with E-state index in [0.29, 0.717) is 13.1 Å². The fraction of sp³-hybridized carbons (Fsp3) is 0.417. The van der Waals surface area contributed by atoms with Crippen LogP contribution in [0, 0.1) is 11.3 Å². The van der Waals surface area contributed by atoms with Crippen molar-refractivity contribution in [3.05, 3.63) is 48.3 Å². The standard InChI is InChI=1S/C24H24N6O/c25-15-24(6-3-7-24)27-22(31)29-10-8-23(16-29)9-11-30-21(23)13-20(28-30)18-12-17-4-1-2-5-19(17)26-14-18/h1-2,4-5,12-14H,3,6-11,16H2,(H,27,31). The number of rotatable bonds is 2. The molecule has 4 heterocycles. The van der Waals surface area contributed by atoms with Gasteiger partial charge in [0.05, 0.1) is 17.3 Å². The van der Waals surface area contributed by atoms with E-state index in [1.807, 2.05) is 29.3 Å². The van der Waals surface area contributed by atoms with Gasteiger partial charge < -0.3 is 10.2 Å². The van der Waals surface area contributed by atoms with Crippen molar-refractivity contribution in [2.75, 3.05) is 13.1 Å². The van der Waals surface area contributed by atoms with Gasteiger partial charge in [0.25, 0.3) is 0 Å². The van der Waals surface area contributed by atoms with Gasteiger partial charge in [-0.3, -0.25) is 9.67 Å². The van der Waals surface area contributed by atoms with Gasteiger partial charge in [-0.25, -0.2) is 4.79 Å². The molecule has 1 N–H and O–H groups in total. The van der Waals surface area contributed by atoms with E-state index in [0.717, 1.165) is 60.8 Å². The van der Waals surface area contributed by atoms with Crippen molar-refractivity contribution in [1.29, 1.82) is 5.26 Å². The van der Waals surface area contributed by atoms with E-state index in [-0.39, 0.29) is 11.4 Å². The van der Waals surface area contributed by atoms with Gasteiger partial charge in [0.2, 0.25) is 0 Å². The van der Waals surface area contributed by atoms with Gasteiger partial charge in [-0.05, 0) is 50.3 Å². The van der Waals surface area contributed by atoms with Crippen LogP contribution in [0.15, 0.2) is 42.6 Å². The highest BCUT2D eigenvalue weighted by molar-refractivity contribution is 5.83. The van der Waals surface area contributed by atoms with Crippen LogP contribution < -0.4 is 5.32 Å². The minimum Gasteiger partial charge on any atom is -0.324 e. The van der Waals surface area contributed by atoms with Crippen molar-refractivity contribution >= 4 is 16.9 Å². The lowest BCUT2D eigenvalue weighted by atomic mass is 9.78. The van der Waals surface area contributed by atoms with Crippen LogP contribution in [0.25, 0.3) is 22.2 Å². The van der Waals surface area contributed by atoms with E-state index < -0.39 is 5.54 Å². The molecule has 1 spiro atoms. The SMILES string of the molecule is N#CC1(NC(=O)N2CCC3(CCn4nc(-c5cnc6ccccc6c5)cc43)C2)CCC1. The van der Waals surface area contributed by atoms with E-state index >= 15 is 0 Å². The molecule has 1 saturated carbocycles. The van der Waals surface area contributed by atoms with Crippen molar-refractivity contribution in [2.45, 2.75) is 49.6 Å². The molecule has 2 fully saturated rings. The number of aryl methyl sites for hydroxylation is 1. The number of carbonyl (C=O) groups is 1. The fourth-order valence-electron chi connectivity index (χ4n) is 5.35. The first-order valence-electron chi connectivity index (χ1n) is 11.0. The van der Waals surface area contributed by atoms with Gasteiger partial charge in [0.1, 0.15) is 5.54 Å². The van der Waals surface area contributed by atoms with Crippen LogP contribution >= 0.6 is 0 Å². The molecule has 156 valence electrons. The van der Waals surface area contributed by atoms with Crippen LogP contribution in [0.1, 0.15) is 37.8 Å². The Hall–Kier alpha value is -3.40. The number of pyridine rings is 1. The lowest BCUT2D eigenvalue weighted by molar-refractivity contribution is 0.179. The molecule has 1 saturated heterocycles. The summed E-state index contributed by atoms with van der Waals surface area (Å²) in [5.74, 6) is 0. The Balaban J connectivity index is 1.25. The molecule has 0 radical (unpaired) electrons. The van der Waals surface area contributed by atoms with E-state index in [4.69, 9.17) is 5.10 Å². The molecule has 1 atom stereocenters. The molecule has 6 rings (SSSR count). The molecule has 0 bridgehead atoms.